The van der Waals surface area contributed by atoms with Gasteiger partial charge in [-0.15, -0.1) is 0 Å². The van der Waals surface area contributed by atoms with Gasteiger partial charge in [0.1, 0.15) is 0 Å². The number of nitrogens with one attached hydrogen (secondary N) is 1. The molecule has 0 radical (unpaired) electrons. The topological polar surface area (TPSA) is 34.8 Å². The van der Waals surface area contributed by atoms with Crippen molar-refractivity contribution in [2.45, 2.75) is 58.8 Å². The Morgan fingerprint density at radius 2 is 2.19 bits per heavy atom. The minimum absolute atomic E-state index is 0.743. The molecule has 3 rings (SSSR count). The summed E-state index contributed by atoms with van der Waals surface area (Å²) in [4.78, 5) is 0. The molecule has 0 unspecified atom stereocenters. The molecule has 1 aliphatic carbocycles. The zero-order valence-electron chi connectivity index (χ0n) is 12.8. The Morgan fingerprint density at radius 1 is 1.38 bits per heavy atom. The van der Waals surface area contributed by atoms with Gasteiger partial charge in [-0.05, 0) is 54.2 Å². The summed E-state index contributed by atoms with van der Waals surface area (Å²) in [5, 5.41) is 8.27. The maximum atomic E-state index is 4.68. The molecule has 0 aliphatic heterocycles. The van der Waals surface area contributed by atoms with Crippen LogP contribution < -0.4 is 5.32 Å². The molecule has 0 bridgehead atoms. The van der Waals surface area contributed by atoms with Gasteiger partial charge >= 0.3 is 0 Å². The first kappa shape index (κ1) is 14.9. The number of aromatic nitrogens is 3. The van der Waals surface area contributed by atoms with Crippen LogP contribution in [0.25, 0.3) is 0 Å². The molecule has 21 heavy (non-hydrogen) atoms. The molecule has 0 atom stereocenters. The number of halogens is 1. The third-order valence-corrected chi connectivity index (χ3v) is 5.00. The average molecular weight is 351 g/mol. The van der Waals surface area contributed by atoms with Crippen LogP contribution in [0.3, 0.4) is 0 Å². The lowest BCUT2D eigenvalue weighted by atomic mass is 10.3. The van der Waals surface area contributed by atoms with E-state index in [0.29, 0.717) is 0 Å². The molecule has 0 aromatic carbocycles. The fraction of sp³-hybridized carbons (Fsp3) is 0.562. The Kier molecular flexibility index (Phi) is 4.50. The molecule has 2 aromatic heterocycles. The number of hydrogen-bond donors (Lipinski definition) is 1. The number of rotatable bonds is 7. The van der Waals surface area contributed by atoms with Crippen LogP contribution in [0.2, 0.25) is 0 Å². The zero-order valence-corrected chi connectivity index (χ0v) is 14.4. The number of nitrogens with zero attached hydrogens (tertiary/aromatic N) is 3. The standard InChI is InChI=1S/C16H23BrN4/c1-3-14-16(17)15(21(4-2)19-14)11-20-9-5-6-13(20)10-18-12-7-8-12/h5-6,9,12,18H,3-4,7-8,10-11H2,1-2H3. The Labute approximate surface area is 134 Å². The number of aryl methyl sites for hydroxylation is 2. The van der Waals surface area contributed by atoms with Crippen molar-refractivity contribution in [3.05, 3.63) is 39.9 Å². The third-order valence-electron chi connectivity index (χ3n) is 4.09. The van der Waals surface area contributed by atoms with Gasteiger partial charge in [0, 0.05) is 31.0 Å². The normalized spacial score (nSPS) is 14.8. The first-order valence-electron chi connectivity index (χ1n) is 7.84. The highest BCUT2D eigenvalue weighted by Crippen LogP contribution is 2.24. The molecule has 2 aromatic rings. The Bertz CT molecular complexity index is 610. The van der Waals surface area contributed by atoms with Crippen LogP contribution in [-0.4, -0.2) is 20.4 Å². The zero-order chi connectivity index (χ0) is 14.8. The van der Waals surface area contributed by atoms with Gasteiger partial charge in [-0.3, -0.25) is 4.68 Å². The van der Waals surface area contributed by atoms with Crippen LogP contribution in [-0.2, 0) is 26.1 Å². The predicted octanol–water partition coefficient (Wildman–Crippen LogP) is 3.33. The molecule has 1 aliphatic rings. The van der Waals surface area contributed by atoms with E-state index in [-0.39, 0.29) is 0 Å². The smallest absolute Gasteiger partial charge is 0.0767 e. The Hall–Kier alpha value is -1.07. The lowest BCUT2D eigenvalue weighted by molar-refractivity contribution is 0.577. The molecule has 4 nitrogen and oxygen atoms in total. The lowest BCUT2D eigenvalue weighted by Crippen LogP contribution is -2.19. The van der Waals surface area contributed by atoms with Crippen molar-refractivity contribution in [2.24, 2.45) is 0 Å². The van der Waals surface area contributed by atoms with E-state index in [2.05, 4.69) is 67.8 Å². The fourth-order valence-electron chi connectivity index (χ4n) is 2.63. The molecule has 0 spiro atoms. The van der Waals surface area contributed by atoms with Gasteiger partial charge in [0.2, 0.25) is 0 Å². The van der Waals surface area contributed by atoms with Crippen LogP contribution in [0.15, 0.2) is 22.8 Å². The van der Waals surface area contributed by atoms with Crippen molar-refractivity contribution in [3.8, 4) is 0 Å². The van der Waals surface area contributed by atoms with Crippen molar-refractivity contribution in [1.82, 2.24) is 19.7 Å². The summed E-state index contributed by atoms with van der Waals surface area (Å²) in [6.07, 6.45) is 5.78. The molecule has 0 saturated heterocycles. The van der Waals surface area contributed by atoms with Gasteiger partial charge in [-0.1, -0.05) is 6.92 Å². The summed E-state index contributed by atoms with van der Waals surface area (Å²) >= 11 is 3.73. The predicted molar refractivity (Wildman–Crippen MR) is 88.4 cm³/mol. The lowest BCUT2D eigenvalue weighted by Gasteiger charge is -2.12. The highest BCUT2D eigenvalue weighted by atomic mass is 79.9. The van der Waals surface area contributed by atoms with Crippen LogP contribution >= 0.6 is 15.9 Å². The number of hydrogen-bond acceptors (Lipinski definition) is 2. The second-order valence-corrected chi connectivity index (χ2v) is 6.45. The van der Waals surface area contributed by atoms with Crippen molar-refractivity contribution < 1.29 is 0 Å². The van der Waals surface area contributed by atoms with E-state index in [1.54, 1.807) is 0 Å². The maximum absolute atomic E-state index is 4.68. The molecule has 114 valence electrons. The first-order valence-corrected chi connectivity index (χ1v) is 8.63. The minimum Gasteiger partial charge on any atom is -0.344 e. The first-order chi connectivity index (χ1) is 10.2. The van der Waals surface area contributed by atoms with E-state index < -0.39 is 0 Å². The second-order valence-electron chi connectivity index (χ2n) is 5.66. The SMILES string of the molecule is CCc1nn(CC)c(Cn2cccc2CNC2CC2)c1Br. The minimum atomic E-state index is 0.743. The molecule has 1 fully saturated rings. The molecule has 0 amide bonds. The molecule has 5 heteroatoms. The summed E-state index contributed by atoms with van der Waals surface area (Å²) in [5.41, 5.74) is 3.76. The van der Waals surface area contributed by atoms with E-state index in [1.807, 2.05) is 0 Å². The van der Waals surface area contributed by atoms with Gasteiger partial charge < -0.3 is 9.88 Å². The second kappa shape index (κ2) is 6.36. The average Bonchev–Trinajstić information content (AvgIpc) is 3.14. The molecule has 2 heterocycles. The third kappa shape index (κ3) is 3.24. The van der Waals surface area contributed by atoms with Crippen molar-refractivity contribution >= 4 is 15.9 Å². The largest absolute Gasteiger partial charge is 0.344 e. The van der Waals surface area contributed by atoms with Gasteiger partial charge in [-0.25, -0.2) is 0 Å². The molecule has 1 N–H and O–H groups in total. The summed E-state index contributed by atoms with van der Waals surface area (Å²) in [6, 6.07) is 5.08. The van der Waals surface area contributed by atoms with E-state index in [0.717, 1.165) is 37.8 Å². The fourth-order valence-corrected chi connectivity index (χ4v) is 3.32. The maximum Gasteiger partial charge on any atom is 0.0767 e. The van der Waals surface area contributed by atoms with E-state index in [4.69, 9.17) is 0 Å². The van der Waals surface area contributed by atoms with Gasteiger partial charge in [0.15, 0.2) is 0 Å². The molecular formula is C16H23BrN4. The summed E-state index contributed by atoms with van der Waals surface area (Å²) < 4.78 is 5.60. The Balaban J connectivity index is 1.79. The van der Waals surface area contributed by atoms with Crippen LogP contribution in [0, 0.1) is 0 Å². The van der Waals surface area contributed by atoms with Crippen LogP contribution in [0.5, 0.6) is 0 Å². The van der Waals surface area contributed by atoms with Gasteiger partial charge in [0.25, 0.3) is 0 Å². The van der Waals surface area contributed by atoms with E-state index >= 15 is 0 Å². The van der Waals surface area contributed by atoms with E-state index in [1.165, 1.54) is 28.7 Å². The summed E-state index contributed by atoms with van der Waals surface area (Å²) in [5.74, 6) is 0. The van der Waals surface area contributed by atoms with Crippen LogP contribution in [0.1, 0.15) is 43.8 Å². The van der Waals surface area contributed by atoms with Gasteiger partial charge in [-0.2, -0.15) is 5.10 Å². The highest BCUT2D eigenvalue weighted by molar-refractivity contribution is 9.10. The van der Waals surface area contributed by atoms with Crippen molar-refractivity contribution in [3.63, 3.8) is 0 Å². The summed E-state index contributed by atoms with van der Waals surface area (Å²) in [6.45, 7) is 7.03. The van der Waals surface area contributed by atoms with Crippen LogP contribution in [0.4, 0.5) is 0 Å². The highest BCUT2D eigenvalue weighted by Gasteiger charge is 2.21. The van der Waals surface area contributed by atoms with E-state index in [9.17, 15) is 0 Å². The molecular weight excluding hydrogens is 328 g/mol. The summed E-state index contributed by atoms with van der Waals surface area (Å²) in [7, 11) is 0. The molecule has 1 saturated carbocycles. The van der Waals surface area contributed by atoms with Crippen molar-refractivity contribution in [2.75, 3.05) is 0 Å². The monoisotopic (exact) mass is 350 g/mol. The van der Waals surface area contributed by atoms with Gasteiger partial charge in [0.05, 0.1) is 22.4 Å². The van der Waals surface area contributed by atoms with Crippen molar-refractivity contribution in [1.29, 1.82) is 0 Å². The Morgan fingerprint density at radius 3 is 2.86 bits per heavy atom. The quantitative estimate of drug-likeness (QED) is 0.830.